The lowest BCUT2D eigenvalue weighted by atomic mass is 9.33. The van der Waals surface area contributed by atoms with E-state index < -0.39 is 268 Å². The number of hydrogen-bond acceptors (Lipinski definition) is 34. The second kappa shape index (κ2) is 32.2. The van der Waals surface area contributed by atoms with Gasteiger partial charge in [-0.2, -0.15) is 0 Å². The number of rotatable bonds is 19. The zero-order chi connectivity index (χ0) is 78.6. The molecule has 0 radical (unpaired) electrons. The van der Waals surface area contributed by atoms with Gasteiger partial charge in [-0.25, -0.2) is 4.79 Å². The van der Waals surface area contributed by atoms with Crippen LogP contribution in [-0.4, -0.2) is 332 Å². The Kier molecular flexibility index (Phi) is 24.9. The van der Waals surface area contributed by atoms with Crippen molar-refractivity contribution in [2.45, 2.75) is 304 Å². The molecule has 34 nitrogen and oxygen atoms in total. The van der Waals surface area contributed by atoms with E-state index in [1.165, 1.54) is 37.3 Å². The summed E-state index contributed by atoms with van der Waals surface area (Å²) in [6.07, 6.45) is -43.9. The monoisotopic (exact) mass is 1540 g/mol. The normalized spacial score (nSPS) is 50.1. The van der Waals surface area contributed by atoms with Gasteiger partial charge in [0.25, 0.3) is 0 Å². The third-order valence-electron chi connectivity index (χ3n) is 26.8. The summed E-state index contributed by atoms with van der Waals surface area (Å²) in [5.74, 6) is -2.69. The molecule has 1 aromatic carbocycles. The number of benzene rings is 1. The highest BCUT2D eigenvalue weighted by molar-refractivity contribution is 5.87. The van der Waals surface area contributed by atoms with Gasteiger partial charge in [-0.1, -0.05) is 72.2 Å². The summed E-state index contributed by atoms with van der Waals surface area (Å²) >= 11 is 0. The van der Waals surface area contributed by atoms with Crippen LogP contribution in [0, 0.1) is 50.2 Å². The maximum atomic E-state index is 15.5. The van der Waals surface area contributed by atoms with Gasteiger partial charge in [-0.3, -0.25) is 4.79 Å². The summed E-state index contributed by atoms with van der Waals surface area (Å²) in [6, 6.07) is 5.81. The van der Waals surface area contributed by atoms with Gasteiger partial charge >= 0.3 is 11.9 Å². The molecule has 0 aromatic heterocycles. The Morgan fingerprint density at radius 3 is 1.74 bits per heavy atom. The Balaban J connectivity index is 0.755. The Morgan fingerprint density at radius 2 is 1.08 bits per heavy atom. The van der Waals surface area contributed by atoms with Crippen molar-refractivity contribution in [3.05, 3.63) is 47.6 Å². The second-order valence-corrected chi connectivity index (χ2v) is 33.9. The van der Waals surface area contributed by atoms with Crippen LogP contribution in [0.3, 0.4) is 0 Å². The maximum Gasteiger partial charge on any atom is 0.331 e. The molecule has 34 heteroatoms. The largest absolute Gasteiger partial charge is 0.508 e. The highest BCUT2D eigenvalue weighted by Crippen LogP contribution is 2.76. The minimum absolute atomic E-state index is 0.0206. The Morgan fingerprint density at radius 1 is 0.519 bits per heavy atom. The number of aliphatic hydroxyl groups excluding tert-OH is 18. The topological polar surface area (TPSA) is 539 Å². The van der Waals surface area contributed by atoms with Crippen molar-refractivity contribution in [1.82, 2.24) is 0 Å². The number of esters is 2. The third-order valence-corrected chi connectivity index (χ3v) is 26.8. The lowest BCUT2D eigenvalue weighted by molar-refractivity contribution is -0.389. The molecule has 108 heavy (non-hydrogen) atoms. The van der Waals surface area contributed by atoms with Gasteiger partial charge in [-0.05, 0) is 133 Å². The summed E-state index contributed by atoms with van der Waals surface area (Å²) in [5, 5.41) is 210. The van der Waals surface area contributed by atoms with E-state index in [4.69, 9.17) is 61.6 Å². The summed E-state index contributed by atoms with van der Waals surface area (Å²) < 4.78 is 78.3. The third kappa shape index (κ3) is 15.0. The van der Waals surface area contributed by atoms with Gasteiger partial charge < -0.3 is 159 Å². The molecule has 4 saturated carbocycles. The summed E-state index contributed by atoms with van der Waals surface area (Å²) in [7, 11) is 0. The van der Waals surface area contributed by atoms with E-state index in [-0.39, 0.29) is 35.8 Å². The van der Waals surface area contributed by atoms with Gasteiger partial charge in [0.2, 0.25) is 6.29 Å². The average molecular weight is 1550 g/mol. The number of ether oxygens (including phenoxy) is 13. The Hall–Kier alpha value is -3.72. The number of allylic oxidation sites excluding steroid dienone is 2. The van der Waals surface area contributed by atoms with Crippen LogP contribution >= 0.6 is 0 Å². The predicted octanol–water partition coefficient (Wildman–Crippen LogP) is -3.78. The van der Waals surface area contributed by atoms with Crippen LogP contribution in [0.25, 0.3) is 6.08 Å². The molecule has 19 N–H and O–H groups in total. The van der Waals surface area contributed by atoms with E-state index in [0.29, 0.717) is 50.5 Å². The van der Waals surface area contributed by atoms with Crippen LogP contribution in [0.4, 0.5) is 0 Å². The fraction of sp³-hybridized carbons (Fsp3) is 0.838. The molecule has 38 unspecified atom stereocenters. The smallest absolute Gasteiger partial charge is 0.331 e. The molecule has 11 aliphatic rings. The molecule has 612 valence electrons. The molecule has 0 bridgehead atoms. The second-order valence-electron chi connectivity index (χ2n) is 33.9. The van der Waals surface area contributed by atoms with Crippen LogP contribution in [-0.2, 0) is 71.2 Å². The van der Waals surface area contributed by atoms with Crippen LogP contribution < -0.4 is 0 Å². The number of carbonyl (C=O) groups excluding carboxylic acids is 2. The van der Waals surface area contributed by atoms with Crippen molar-refractivity contribution in [2.24, 2.45) is 50.2 Å². The quantitative estimate of drug-likeness (QED) is 0.0274. The summed E-state index contributed by atoms with van der Waals surface area (Å²) in [5.41, 5.74) is -2.88. The molecule has 12 rings (SSSR count). The fourth-order valence-electron chi connectivity index (χ4n) is 20.2. The summed E-state index contributed by atoms with van der Waals surface area (Å²) in [6.45, 7) is 12.7. The molecule has 6 heterocycles. The van der Waals surface area contributed by atoms with E-state index in [0.717, 1.165) is 11.6 Å². The first-order valence-electron chi connectivity index (χ1n) is 37.6. The van der Waals surface area contributed by atoms with Crippen molar-refractivity contribution in [2.75, 3.05) is 33.0 Å². The first-order valence-corrected chi connectivity index (χ1v) is 37.6. The number of phenols is 1. The van der Waals surface area contributed by atoms with Crippen molar-refractivity contribution in [3.63, 3.8) is 0 Å². The van der Waals surface area contributed by atoms with E-state index in [9.17, 15) is 102 Å². The van der Waals surface area contributed by atoms with Crippen LogP contribution in [0.15, 0.2) is 42.0 Å². The van der Waals surface area contributed by atoms with E-state index >= 15 is 4.79 Å². The standard InChI is InChI=1S/C74H112O34/c1-30-45(82)49(86)53(90)63(98-30)106-59-38(27-77)101-62(56(93)52(59)89)97-29-39-47(84)51(88)55(92)65(102-39)108-68(95)74-22-21-69(2,3)23-34(74)33-14-15-41-71(6)19-18-43(70(4,5)40(71)17-20-72(41,7)73(33,8)24-42(74)80)103-67-61(107-64-54(91)50(87)46(83)36(25-75)99-64)58(35(79)28-96-67)105-66-57(94)60(48(85)37(26-76)100-66)104-44(81)16-11-31-9-12-32(78)13-10-31/h9-14,16,30,34-43,45-67,75-80,82-94H,15,17-29H2,1-8H3. The Bertz CT molecular complexity index is 3310. The first kappa shape index (κ1) is 83.7. The van der Waals surface area contributed by atoms with Crippen LogP contribution in [0.1, 0.15) is 119 Å². The van der Waals surface area contributed by atoms with Gasteiger partial charge in [0, 0.05) is 6.08 Å². The zero-order valence-corrected chi connectivity index (χ0v) is 61.7. The van der Waals surface area contributed by atoms with Crippen LogP contribution in [0.5, 0.6) is 5.75 Å². The van der Waals surface area contributed by atoms with E-state index in [1.807, 2.05) is 0 Å². The lowest BCUT2D eigenvalue weighted by Gasteiger charge is -2.71. The molecule has 0 spiro atoms. The Labute approximate surface area is 624 Å². The van der Waals surface area contributed by atoms with Gasteiger partial charge in [0.15, 0.2) is 37.6 Å². The number of carbonyl (C=O) groups is 2. The fourth-order valence-corrected chi connectivity index (χ4v) is 20.2. The molecule has 1 aromatic rings. The number of hydrogen-bond donors (Lipinski definition) is 19. The van der Waals surface area contributed by atoms with Crippen molar-refractivity contribution >= 4 is 18.0 Å². The minimum Gasteiger partial charge on any atom is -0.508 e. The minimum atomic E-state index is -2.02. The zero-order valence-electron chi connectivity index (χ0n) is 61.7. The highest BCUT2D eigenvalue weighted by atomic mass is 16.8. The molecule has 10 fully saturated rings. The van der Waals surface area contributed by atoms with Crippen molar-refractivity contribution in [1.29, 1.82) is 0 Å². The van der Waals surface area contributed by atoms with Gasteiger partial charge in [-0.15, -0.1) is 0 Å². The van der Waals surface area contributed by atoms with E-state index in [2.05, 4.69) is 54.5 Å². The van der Waals surface area contributed by atoms with Crippen molar-refractivity contribution < 1.29 is 168 Å². The van der Waals surface area contributed by atoms with Gasteiger partial charge in [0.05, 0.1) is 51.3 Å². The first-order chi connectivity index (χ1) is 50.8. The number of aliphatic hydroxyl groups is 18. The molecular formula is C74H112O34. The lowest BCUT2D eigenvalue weighted by Crippen LogP contribution is -2.68. The molecule has 5 aliphatic carbocycles. The summed E-state index contributed by atoms with van der Waals surface area (Å²) in [4.78, 5) is 28.7. The number of phenolic OH excluding ortho intramolecular Hbond substituents is 1. The molecular weight excluding hydrogens is 1430 g/mol. The maximum absolute atomic E-state index is 15.5. The molecule has 6 aliphatic heterocycles. The SMILES string of the molecule is CC1OC(OC2C(CO)OC(OCC3OC(OC(=O)C45CCC(C)(C)CC4C4=CCC6C7(C)CCC(OC8OCC(O)C(OC9OC(CO)C(O)C(OC(=O)C=Cc%10ccc(O)cc%10)C9O)C8OC8OC(CO)C(O)C(O)C8O)C(C)(C)C7CCC6(C)C4(C)CC5O)C(O)C(O)C3O)C(O)C2O)C(O)C(O)C1O. The number of aromatic hydroxyl groups is 1. The predicted molar refractivity (Wildman–Crippen MR) is 363 cm³/mol. The molecule has 0 amide bonds. The van der Waals surface area contributed by atoms with E-state index in [1.54, 1.807) is 0 Å². The molecule has 6 saturated heterocycles. The average Bonchev–Trinajstić information content (AvgIpc) is 0.670. The van der Waals surface area contributed by atoms with Gasteiger partial charge in [0.1, 0.15) is 139 Å². The highest BCUT2D eigenvalue weighted by Gasteiger charge is 2.73. The molecule has 38 atom stereocenters. The van der Waals surface area contributed by atoms with Crippen LogP contribution in [0.2, 0.25) is 0 Å². The van der Waals surface area contributed by atoms with Crippen molar-refractivity contribution in [3.8, 4) is 5.75 Å². The number of fused-ring (bicyclic) bond motifs is 7.